The van der Waals surface area contributed by atoms with Crippen molar-refractivity contribution < 1.29 is 18.4 Å². The predicted octanol–water partition coefficient (Wildman–Crippen LogP) is 6.63. The van der Waals surface area contributed by atoms with Crippen LogP contribution in [0, 0.1) is 12.7 Å². The Hall–Kier alpha value is -3.92. The van der Waals surface area contributed by atoms with E-state index in [2.05, 4.69) is 70.3 Å². The number of hydrogen-bond donors (Lipinski definition) is 1. The molecular formula is C33H38FN5O3S. The van der Waals surface area contributed by atoms with Crippen LogP contribution in [0.5, 0.6) is 5.75 Å². The number of aromatic nitrogens is 2. The highest BCUT2D eigenvalue weighted by Crippen LogP contribution is 2.43. The zero-order valence-corrected chi connectivity index (χ0v) is 26.0. The minimum Gasteiger partial charge on any atom is -0.482 e. The van der Waals surface area contributed by atoms with Gasteiger partial charge in [-0.15, -0.1) is 0 Å². The number of hydrogen-bond acceptors (Lipinski definition) is 8. The maximum Gasteiger partial charge on any atom is 0.263 e. The lowest BCUT2D eigenvalue weighted by Gasteiger charge is -2.41. The number of rotatable bonds is 6. The average Bonchev–Trinajstić information content (AvgIpc) is 3.62. The van der Waals surface area contributed by atoms with Crippen molar-refractivity contribution in [3.8, 4) is 5.75 Å². The van der Waals surface area contributed by atoms with Gasteiger partial charge in [-0.1, -0.05) is 67.6 Å². The molecule has 43 heavy (non-hydrogen) atoms. The number of carbonyl (C=O) groups excluding carboxylic acids is 1. The molecule has 1 N–H and O–H groups in total. The normalized spacial score (nSPS) is 16.5. The van der Waals surface area contributed by atoms with Crippen LogP contribution >= 0.6 is 11.3 Å². The zero-order valence-electron chi connectivity index (χ0n) is 25.2. The Morgan fingerprint density at radius 1 is 1.09 bits per heavy atom. The number of halogens is 1. The van der Waals surface area contributed by atoms with Crippen molar-refractivity contribution in [2.24, 2.45) is 0 Å². The lowest BCUT2D eigenvalue weighted by atomic mass is 9.86. The SMILES string of the molecule is Cc1cc(CNC(=O)c2cnc(N3CCC4(CC3)CCN(Cc3ccc(C(C)(C)C)cc3)c3cccc(F)c3O4)s2)no1. The molecule has 1 amide bonds. The molecule has 0 bridgehead atoms. The monoisotopic (exact) mass is 603 g/mol. The minimum absolute atomic E-state index is 0.0935. The largest absolute Gasteiger partial charge is 0.482 e. The van der Waals surface area contributed by atoms with E-state index in [4.69, 9.17) is 9.26 Å². The van der Waals surface area contributed by atoms with Crippen molar-refractivity contribution in [1.29, 1.82) is 0 Å². The third kappa shape index (κ3) is 6.39. The highest BCUT2D eigenvalue weighted by atomic mass is 32.1. The Labute approximate surface area is 255 Å². The quantitative estimate of drug-likeness (QED) is 0.265. The number of piperidine rings is 1. The van der Waals surface area contributed by atoms with E-state index >= 15 is 4.39 Å². The van der Waals surface area contributed by atoms with Crippen LogP contribution in [0.25, 0.3) is 0 Å². The average molecular weight is 604 g/mol. The van der Waals surface area contributed by atoms with Crippen LogP contribution in [0.1, 0.15) is 72.3 Å². The summed E-state index contributed by atoms with van der Waals surface area (Å²) in [7, 11) is 0. The first-order valence-electron chi connectivity index (χ1n) is 14.8. The van der Waals surface area contributed by atoms with Gasteiger partial charge in [0.1, 0.15) is 21.9 Å². The number of benzene rings is 2. The number of carbonyl (C=O) groups is 1. The molecule has 0 atom stereocenters. The van der Waals surface area contributed by atoms with Crippen molar-refractivity contribution >= 4 is 28.1 Å². The van der Waals surface area contributed by atoms with Gasteiger partial charge in [0, 0.05) is 51.5 Å². The van der Waals surface area contributed by atoms with Gasteiger partial charge in [-0.3, -0.25) is 4.79 Å². The number of nitrogens with zero attached hydrogens (tertiary/aromatic N) is 4. The number of anilines is 2. The molecule has 8 nitrogen and oxygen atoms in total. The molecule has 4 heterocycles. The van der Waals surface area contributed by atoms with Crippen LogP contribution in [0.15, 0.2) is 59.3 Å². The smallest absolute Gasteiger partial charge is 0.263 e. The first-order valence-corrected chi connectivity index (χ1v) is 15.6. The highest BCUT2D eigenvalue weighted by Gasteiger charge is 2.41. The molecular weight excluding hydrogens is 565 g/mol. The lowest BCUT2D eigenvalue weighted by molar-refractivity contribution is 0.0375. The van der Waals surface area contributed by atoms with Gasteiger partial charge in [0.15, 0.2) is 16.7 Å². The van der Waals surface area contributed by atoms with E-state index in [-0.39, 0.29) is 17.1 Å². The Morgan fingerprint density at radius 2 is 1.84 bits per heavy atom. The van der Waals surface area contributed by atoms with Crippen LogP contribution in [-0.4, -0.2) is 41.3 Å². The molecule has 2 aromatic heterocycles. The molecule has 0 saturated carbocycles. The minimum atomic E-state index is -0.467. The van der Waals surface area contributed by atoms with Crippen LogP contribution < -0.4 is 19.9 Å². The first kappa shape index (κ1) is 29.2. The highest BCUT2D eigenvalue weighted by molar-refractivity contribution is 7.17. The van der Waals surface area contributed by atoms with E-state index in [1.165, 1.54) is 28.5 Å². The van der Waals surface area contributed by atoms with Gasteiger partial charge in [-0.2, -0.15) is 0 Å². The second-order valence-corrected chi connectivity index (χ2v) is 13.6. The number of fused-ring (bicyclic) bond motifs is 1. The molecule has 0 radical (unpaired) electrons. The van der Waals surface area contributed by atoms with Crippen molar-refractivity contribution in [2.45, 2.75) is 71.1 Å². The summed E-state index contributed by atoms with van der Waals surface area (Å²) in [4.78, 5) is 22.2. The summed E-state index contributed by atoms with van der Waals surface area (Å²) in [6.07, 6.45) is 3.89. The molecule has 2 aliphatic heterocycles. The lowest BCUT2D eigenvalue weighted by Crippen LogP contribution is -2.48. The topological polar surface area (TPSA) is 83.7 Å². The second kappa shape index (κ2) is 11.6. The second-order valence-electron chi connectivity index (χ2n) is 12.6. The molecule has 4 aromatic rings. The summed E-state index contributed by atoms with van der Waals surface area (Å²) in [5.41, 5.74) is 3.59. The third-order valence-corrected chi connectivity index (χ3v) is 9.46. The van der Waals surface area contributed by atoms with E-state index in [1.807, 2.05) is 13.0 Å². The molecule has 1 saturated heterocycles. The van der Waals surface area contributed by atoms with Gasteiger partial charge in [-0.25, -0.2) is 9.37 Å². The fraction of sp³-hybridized carbons (Fsp3) is 0.424. The van der Waals surface area contributed by atoms with Crippen molar-refractivity contribution in [3.05, 3.63) is 88.0 Å². The van der Waals surface area contributed by atoms with Gasteiger partial charge < -0.3 is 24.4 Å². The fourth-order valence-electron chi connectivity index (χ4n) is 5.80. The summed E-state index contributed by atoms with van der Waals surface area (Å²) in [6.45, 7) is 11.6. The number of para-hydroxylation sites is 1. The standard InChI is InChI=1S/C33H38FN5O3S/c1-22-18-25(37-42-22)19-35-30(40)28-20-36-31(43-28)38-15-12-33(13-16-38)14-17-39(27-7-5-6-26(34)29(27)41-33)21-23-8-10-24(11-9-23)32(2,3)4/h5-11,18,20H,12-17,19,21H2,1-4H3,(H,35,40). The Balaban J connectivity index is 1.12. The summed E-state index contributed by atoms with van der Waals surface area (Å²) >= 11 is 1.37. The Kier molecular flexibility index (Phi) is 7.89. The molecule has 1 spiro atoms. The van der Waals surface area contributed by atoms with E-state index < -0.39 is 5.60 Å². The molecule has 0 unspecified atom stereocenters. The molecule has 2 aromatic carbocycles. The summed E-state index contributed by atoms with van der Waals surface area (Å²) in [5.74, 6) is 0.529. The number of amides is 1. The van der Waals surface area contributed by atoms with Crippen LogP contribution in [0.2, 0.25) is 0 Å². The summed E-state index contributed by atoms with van der Waals surface area (Å²) in [5, 5.41) is 7.59. The number of aryl methyl sites for hydroxylation is 1. The van der Waals surface area contributed by atoms with Gasteiger partial charge in [0.25, 0.3) is 5.91 Å². The van der Waals surface area contributed by atoms with Gasteiger partial charge in [0.05, 0.1) is 18.4 Å². The number of thiazole rings is 1. The number of nitrogens with one attached hydrogen (secondary N) is 1. The maximum absolute atomic E-state index is 15.3. The van der Waals surface area contributed by atoms with Crippen molar-refractivity contribution in [3.63, 3.8) is 0 Å². The van der Waals surface area contributed by atoms with E-state index in [0.717, 1.165) is 36.6 Å². The van der Waals surface area contributed by atoms with Crippen LogP contribution in [0.4, 0.5) is 15.2 Å². The predicted molar refractivity (Wildman–Crippen MR) is 167 cm³/mol. The van der Waals surface area contributed by atoms with Gasteiger partial charge in [0.2, 0.25) is 0 Å². The Morgan fingerprint density at radius 3 is 2.53 bits per heavy atom. The molecule has 0 aliphatic carbocycles. The van der Waals surface area contributed by atoms with Crippen molar-refractivity contribution in [1.82, 2.24) is 15.5 Å². The Bertz CT molecular complexity index is 1580. The fourth-order valence-corrected chi connectivity index (χ4v) is 6.69. The van der Waals surface area contributed by atoms with E-state index in [1.54, 1.807) is 18.3 Å². The number of ether oxygens (including phenoxy) is 1. The summed E-state index contributed by atoms with van der Waals surface area (Å²) in [6, 6.07) is 15.7. The molecule has 2 aliphatic rings. The molecule has 1 fully saturated rings. The third-order valence-electron chi connectivity index (χ3n) is 8.41. The summed E-state index contributed by atoms with van der Waals surface area (Å²) < 4.78 is 26.9. The van der Waals surface area contributed by atoms with Crippen molar-refractivity contribution in [2.75, 3.05) is 29.4 Å². The van der Waals surface area contributed by atoms with Gasteiger partial charge in [-0.05, 0) is 35.6 Å². The first-order chi connectivity index (χ1) is 20.6. The zero-order chi connectivity index (χ0) is 30.2. The molecule has 226 valence electrons. The molecule has 6 rings (SSSR count). The van der Waals surface area contributed by atoms with Gasteiger partial charge >= 0.3 is 0 Å². The molecule has 10 heteroatoms. The van der Waals surface area contributed by atoms with E-state index in [0.29, 0.717) is 48.3 Å². The van der Waals surface area contributed by atoms with E-state index in [9.17, 15) is 4.79 Å². The van der Waals surface area contributed by atoms with Crippen LogP contribution in [-0.2, 0) is 18.5 Å². The maximum atomic E-state index is 15.3. The van der Waals surface area contributed by atoms with Crippen LogP contribution in [0.3, 0.4) is 0 Å².